The van der Waals surface area contributed by atoms with Crippen LogP contribution < -0.4 is 11.1 Å². The Morgan fingerprint density at radius 1 is 1.33 bits per heavy atom. The maximum Gasteiger partial charge on any atom is 0.270 e. The zero-order valence-electron chi connectivity index (χ0n) is 11.0. The second kappa shape index (κ2) is 6.47. The van der Waals surface area contributed by atoms with Crippen molar-refractivity contribution >= 4 is 11.7 Å². The fraction of sp³-hybridized carbons (Fsp3) is 0.0714. The summed E-state index contributed by atoms with van der Waals surface area (Å²) < 4.78 is 13.4. The molecule has 0 unspecified atom stereocenters. The number of carbonyl (C=O) groups excluding carboxylic acids is 1. The fourth-order valence-corrected chi connectivity index (χ4v) is 1.65. The molecule has 1 aromatic heterocycles. The number of benzene rings is 1. The van der Waals surface area contributed by atoms with E-state index < -0.39 is 5.91 Å². The van der Waals surface area contributed by atoms with E-state index in [0.29, 0.717) is 11.1 Å². The number of oxime groups is 1. The highest BCUT2D eigenvalue weighted by molar-refractivity contribution is 5.98. The van der Waals surface area contributed by atoms with E-state index in [1.165, 1.54) is 24.4 Å². The first-order valence-electron chi connectivity index (χ1n) is 6.07. The third-order valence-electron chi connectivity index (χ3n) is 2.80. The lowest BCUT2D eigenvalue weighted by Crippen LogP contribution is -2.24. The van der Waals surface area contributed by atoms with E-state index in [0.717, 1.165) is 0 Å². The molecule has 0 aliphatic carbocycles. The molecule has 0 spiro atoms. The Balaban J connectivity index is 2.02. The Morgan fingerprint density at radius 2 is 2.10 bits per heavy atom. The van der Waals surface area contributed by atoms with Crippen molar-refractivity contribution in [2.24, 2.45) is 10.9 Å². The number of carbonyl (C=O) groups is 1. The van der Waals surface area contributed by atoms with Crippen LogP contribution in [-0.4, -0.2) is 21.9 Å². The molecule has 2 rings (SSSR count). The molecular formula is C14H13FN4O2. The van der Waals surface area contributed by atoms with Gasteiger partial charge in [0.25, 0.3) is 5.91 Å². The van der Waals surface area contributed by atoms with Crippen LogP contribution >= 0.6 is 0 Å². The number of rotatable bonds is 4. The molecule has 1 heterocycles. The van der Waals surface area contributed by atoms with Crippen molar-refractivity contribution in [1.29, 1.82) is 0 Å². The number of hydrogen-bond acceptors (Lipinski definition) is 4. The topological polar surface area (TPSA) is 101 Å². The summed E-state index contributed by atoms with van der Waals surface area (Å²) in [6, 6.07) is 9.11. The molecular weight excluding hydrogens is 275 g/mol. The molecule has 0 bridgehead atoms. The maximum absolute atomic E-state index is 13.4. The third-order valence-corrected chi connectivity index (χ3v) is 2.80. The maximum atomic E-state index is 13.4. The molecule has 0 radical (unpaired) electrons. The van der Waals surface area contributed by atoms with Gasteiger partial charge in [-0.3, -0.25) is 9.78 Å². The van der Waals surface area contributed by atoms with Gasteiger partial charge in [0.05, 0.1) is 0 Å². The Labute approximate surface area is 120 Å². The second-order valence-electron chi connectivity index (χ2n) is 4.19. The molecule has 0 saturated heterocycles. The molecule has 6 nitrogen and oxygen atoms in total. The molecule has 0 aliphatic rings. The first-order chi connectivity index (χ1) is 10.1. The molecule has 0 fully saturated rings. The molecule has 2 aromatic rings. The molecule has 1 amide bonds. The van der Waals surface area contributed by atoms with Gasteiger partial charge >= 0.3 is 0 Å². The summed E-state index contributed by atoms with van der Waals surface area (Å²) in [5.41, 5.74) is 6.32. The number of nitrogens with zero attached hydrogens (tertiary/aromatic N) is 2. The van der Waals surface area contributed by atoms with Gasteiger partial charge in [0.1, 0.15) is 11.5 Å². The minimum absolute atomic E-state index is 0.0647. The summed E-state index contributed by atoms with van der Waals surface area (Å²) in [5, 5.41) is 13.9. The highest BCUT2D eigenvalue weighted by Gasteiger charge is 2.09. The number of pyridine rings is 1. The monoisotopic (exact) mass is 288 g/mol. The zero-order chi connectivity index (χ0) is 15.2. The van der Waals surface area contributed by atoms with Gasteiger partial charge in [-0.2, -0.15) is 0 Å². The van der Waals surface area contributed by atoms with E-state index in [9.17, 15) is 9.18 Å². The Bertz CT molecular complexity index is 671. The van der Waals surface area contributed by atoms with Gasteiger partial charge < -0.3 is 16.3 Å². The summed E-state index contributed by atoms with van der Waals surface area (Å²) in [7, 11) is 0. The van der Waals surface area contributed by atoms with Gasteiger partial charge in [0.2, 0.25) is 0 Å². The fourth-order valence-electron chi connectivity index (χ4n) is 1.65. The predicted octanol–water partition coefficient (Wildman–Crippen LogP) is 1.25. The minimum atomic E-state index is -0.440. The number of aromatic nitrogens is 1. The minimum Gasteiger partial charge on any atom is -0.409 e. The van der Waals surface area contributed by atoms with Crippen molar-refractivity contribution < 1.29 is 14.4 Å². The van der Waals surface area contributed by atoms with E-state index in [4.69, 9.17) is 10.9 Å². The number of amides is 1. The van der Waals surface area contributed by atoms with Crippen molar-refractivity contribution in [3.63, 3.8) is 0 Å². The number of nitrogens with two attached hydrogens (primary N) is 1. The number of nitrogens with one attached hydrogen (secondary N) is 1. The van der Waals surface area contributed by atoms with E-state index in [-0.39, 0.29) is 23.9 Å². The molecule has 1 aromatic carbocycles. The Morgan fingerprint density at radius 3 is 2.71 bits per heavy atom. The van der Waals surface area contributed by atoms with Crippen LogP contribution in [0.25, 0.3) is 0 Å². The standard InChI is InChI=1S/C14H13FN4O2/c15-11-4-2-1-3-9(11)7-18-14(20)12-6-5-10(8-17-12)13(16)19-21/h1-6,8,21H,7H2,(H2,16,19)(H,18,20). The van der Waals surface area contributed by atoms with Gasteiger partial charge in [-0.25, -0.2) is 4.39 Å². The SMILES string of the molecule is NC(=NO)c1ccc(C(=O)NCc2ccccc2F)nc1. The molecule has 0 atom stereocenters. The first-order valence-corrected chi connectivity index (χ1v) is 6.07. The Kier molecular flexibility index (Phi) is 4.45. The largest absolute Gasteiger partial charge is 0.409 e. The van der Waals surface area contributed by atoms with E-state index in [1.54, 1.807) is 18.2 Å². The lowest BCUT2D eigenvalue weighted by Gasteiger charge is -2.06. The summed E-state index contributed by atoms with van der Waals surface area (Å²) in [5.74, 6) is -0.918. The molecule has 0 aliphatic heterocycles. The predicted molar refractivity (Wildman–Crippen MR) is 74.3 cm³/mol. The normalized spacial score (nSPS) is 11.2. The smallest absolute Gasteiger partial charge is 0.270 e. The molecule has 4 N–H and O–H groups in total. The van der Waals surface area contributed by atoms with Gasteiger partial charge in [-0.15, -0.1) is 0 Å². The van der Waals surface area contributed by atoms with Crippen molar-refractivity contribution in [2.45, 2.75) is 6.54 Å². The van der Waals surface area contributed by atoms with Crippen LogP contribution in [-0.2, 0) is 6.54 Å². The van der Waals surface area contributed by atoms with Crippen LogP contribution in [0.15, 0.2) is 47.8 Å². The lowest BCUT2D eigenvalue weighted by molar-refractivity contribution is 0.0945. The van der Waals surface area contributed by atoms with Crippen molar-refractivity contribution in [3.8, 4) is 0 Å². The van der Waals surface area contributed by atoms with Gasteiger partial charge in [0.15, 0.2) is 5.84 Å². The summed E-state index contributed by atoms with van der Waals surface area (Å²) in [6.45, 7) is 0.0647. The number of hydrogen-bond donors (Lipinski definition) is 3. The van der Waals surface area contributed by atoms with Crippen molar-refractivity contribution in [2.75, 3.05) is 0 Å². The van der Waals surface area contributed by atoms with Gasteiger partial charge in [-0.1, -0.05) is 23.4 Å². The summed E-state index contributed by atoms with van der Waals surface area (Å²) >= 11 is 0. The van der Waals surface area contributed by atoms with Gasteiger partial charge in [-0.05, 0) is 18.2 Å². The van der Waals surface area contributed by atoms with Crippen LogP contribution in [0, 0.1) is 5.82 Å². The summed E-state index contributed by atoms with van der Waals surface area (Å²) in [6.07, 6.45) is 1.31. The molecule has 21 heavy (non-hydrogen) atoms. The average molecular weight is 288 g/mol. The number of amidine groups is 1. The van der Waals surface area contributed by atoms with Crippen LogP contribution in [0.1, 0.15) is 21.6 Å². The quantitative estimate of drug-likeness (QED) is 0.341. The van der Waals surface area contributed by atoms with E-state index in [2.05, 4.69) is 15.5 Å². The lowest BCUT2D eigenvalue weighted by atomic mass is 10.2. The molecule has 108 valence electrons. The molecule has 0 saturated carbocycles. The highest BCUT2D eigenvalue weighted by Crippen LogP contribution is 2.06. The van der Waals surface area contributed by atoms with E-state index in [1.807, 2.05) is 0 Å². The van der Waals surface area contributed by atoms with Crippen LogP contribution in [0.3, 0.4) is 0 Å². The highest BCUT2D eigenvalue weighted by atomic mass is 19.1. The zero-order valence-corrected chi connectivity index (χ0v) is 11.0. The third kappa shape index (κ3) is 3.53. The van der Waals surface area contributed by atoms with E-state index >= 15 is 0 Å². The number of halogens is 1. The van der Waals surface area contributed by atoms with Crippen molar-refractivity contribution in [3.05, 3.63) is 65.2 Å². The van der Waals surface area contributed by atoms with Crippen LogP contribution in [0.4, 0.5) is 4.39 Å². The van der Waals surface area contributed by atoms with Crippen LogP contribution in [0.5, 0.6) is 0 Å². The molecule has 7 heteroatoms. The van der Waals surface area contributed by atoms with Gasteiger partial charge in [0, 0.05) is 23.9 Å². The Hall–Kier alpha value is -2.96. The van der Waals surface area contributed by atoms with Crippen LogP contribution in [0.2, 0.25) is 0 Å². The first kappa shape index (κ1) is 14.4. The summed E-state index contributed by atoms with van der Waals surface area (Å²) in [4.78, 5) is 15.8. The van der Waals surface area contributed by atoms with Crippen molar-refractivity contribution in [1.82, 2.24) is 10.3 Å². The second-order valence-corrected chi connectivity index (χ2v) is 4.19. The average Bonchev–Trinajstić information content (AvgIpc) is 2.53.